The molecule has 0 radical (unpaired) electrons. The highest BCUT2D eigenvalue weighted by Crippen LogP contribution is 2.19. The lowest BCUT2D eigenvalue weighted by Gasteiger charge is -2.21. The molecule has 0 aliphatic heterocycles. The van der Waals surface area contributed by atoms with Crippen LogP contribution in [0.15, 0.2) is 67.0 Å². The molecule has 0 aliphatic rings. The first-order valence-corrected chi connectivity index (χ1v) is 9.26. The molecule has 0 unspecified atom stereocenters. The van der Waals surface area contributed by atoms with E-state index in [0.717, 1.165) is 11.3 Å². The van der Waals surface area contributed by atoms with Crippen LogP contribution < -0.4 is 10.2 Å². The van der Waals surface area contributed by atoms with Gasteiger partial charge in [0.25, 0.3) is 11.8 Å². The quantitative estimate of drug-likeness (QED) is 0.666. The van der Waals surface area contributed by atoms with Crippen molar-refractivity contribution in [3.05, 3.63) is 88.7 Å². The van der Waals surface area contributed by atoms with E-state index in [-0.39, 0.29) is 11.8 Å². The first kappa shape index (κ1) is 19.6. The van der Waals surface area contributed by atoms with Crippen LogP contribution in [0.4, 0.5) is 11.4 Å². The Bertz CT molecular complexity index is 1000. The highest BCUT2D eigenvalue weighted by molar-refractivity contribution is 6.30. The minimum Gasteiger partial charge on any atom is -0.322 e. The Morgan fingerprint density at radius 3 is 2.43 bits per heavy atom. The number of benzene rings is 2. The van der Waals surface area contributed by atoms with E-state index in [1.54, 1.807) is 35.2 Å². The van der Waals surface area contributed by atoms with Crippen molar-refractivity contribution in [2.75, 3.05) is 16.8 Å². The molecule has 2 amide bonds. The van der Waals surface area contributed by atoms with Crippen molar-refractivity contribution in [3.8, 4) is 0 Å². The van der Waals surface area contributed by atoms with E-state index in [4.69, 9.17) is 11.6 Å². The second-order valence-electron chi connectivity index (χ2n) is 6.31. The zero-order valence-electron chi connectivity index (χ0n) is 15.6. The molecule has 0 atom stereocenters. The first-order chi connectivity index (χ1) is 13.5. The lowest BCUT2D eigenvalue weighted by Crippen LogP contribution is -2.31. The standard InChI is InChI=1S/C22H20ClN3O2/c1-3-26(20-6-4-5-15(2)11-20)22(28)17-12-16(13-24-14-17)21(27)25-19-9-7-18(23)8-10-19/h4-14H,3H2,1-2H3,(H,25,27). The predicted molar refractivity (Wildman–Crippen MR) is 112 cm³/mol. The highest BCUT2D eigenvalue weighted by Gasteiger charge is 2.18. The third-order valence-corrected chi connectivity index (χ3v) is 4.48. The van der Waals surface area contributed by atoms with Gasteiger partial charge in [-0.3, -0.25) is 14.6 Å². The summed E-state index contributed by atoms with van der Waals surface area (Å²) in [5, 5.41) is 3.36. The predicted octanol–water partition coefficient (Wildman–Crippen LogP) is 4.96. The van der Waals surface area contributed by atoms with E-state index < -0.39 is 0 Å². The number of aryl methyl sites for hydroxylation is 1. The number of carbonyl (C=O) groups is 2. The summed E-state index contributed by atoms with van der Waals surface area (Å²) < 4.78 is 0. The van der Waals surface area contributed by atoms with Gasteiger partial charge in [0.2, 0.25) is 0 Å². The third kappa shape index (κ3) is 4.56. The van der Waals surface area contributed by atoms with E-state index in [1.165, 1.54) is 12.4 Å². The molecule has 1 aromatic heterocycles. The van der Waals surface area contributed by atoms with Crippen LogP contribution in [-0.2, 0) is 0 Å². The van der Waals surface area contributed by atoms with Crippen molar-refractivity contribution in [3.63, 3.8) is 0 Å². The molecule has 142 valence electrons. The summed E-state index contributed by atoms with van der Waals surface area (Å²) in [5.74, 6) is -0.551. The van der Waals surface area contributed by atoms with Crippen molar-refractivity contribution >= 4 is 34.8 Å². The van der Waals surface area contributed by atoms with Gasteiger partial charge in [-0.2, -0.15) is 0 Å². The average Bonchev–Trinajstić information content (AvgIpc) is 2.70. The van der Waals surface area contributed by atoms with Gasteiger partial charge in [-0.05, 0) is 61.9 Å². The molecular formula is C22H20ClN3O2. The van der Waals surface area contributed by atoms with Crippen LogP contribution in [0.25, 0.3) is 0 Å². The largest absolute Gasteiger partial charge is 0.322 e. The smallest absolute Gasteiger partial charge is 0.259 e. The SMILES string of the molecule is CCN(C(=O)c1cncc(C(=O)Nc2ccc(Cl)cc2)c1)c1cccc(C)c1. The normalized spacial score (nSPS) is 10.4. The molecule has 0 fully saturated rings. The number of carbonyl (C=O) groups excluding carboxylic acids is 2. The molecule has 0 saturated carbocycles. The minimum absolute atomic E-state index is 0.207. The Morgan fingerprint density at radius 2 is 1.75 bits per heavy atom. The molecule has 3 aromatic rings. The molecule has 0 bridgehead atoms. The molecule has 3 rings (SSSR count). The van der Waals surface area contributed by atoms with Gasteiger partial charge in [0.05, 0.1) is 11.1 Å². The Balaban J connectivity index is 1.82. The van der Waals surface area contributed by atoms with Gasteiger partial charge in [0.1, 0.15) is 0 Å². The summed E-state index contributed by atoms with van der Waals surface area (Å²) in [6, 6.07) is 16.1. The number of aromatic nitrogens is 1. The van der Waals surface area contributed by atoms with E-state index in [1.807, 2.05) is 38.1 Å². The maximum Gasteiger partial charge on any atom is 0.259 e. The van der Waals surface area contributed by atoms with Crippen LogP contribution >= 0.6 is 11.6 Å². The Kier molecular flexibility index (Phi) is 6.06. The Labute approximate surface area is 169 Å². The molecule has 0 aliphatic carbocycles. The van der Waals surface area contributed by atoms with E-state index in [2.05, 4.69) is 10.3 Å². The van der Waals surface area contributed by atoms with Crippen LogP contribution in [-0.4, -0.2) is 23.3 Å². The topological polar surface area (TPSA) is 62.3 Å². The van der Waals surface area contributed by atoms with Crippen LogP contribution in [0.2, 0.25) is 5.02 Å². The second-order valence-corrected chi connectivity index (χ2v) is 6.75. The number of amides is 2. The van der Waals surface area contributed by atoms with Crippen LogP contribution in [0.1, 0.15) is 33.2 Å². The van der Waals surface area contributed by atoms with Crippen molar-refractivity contribution in [2.24, 2.45) is 0 Å². The van der Waals surface area contributed by atoms with Gasteiger partial charge in [0, 0.05) is 35.3 Å². The number of nitrogens with zero attached hydrogens (tertiary/aromatic N) is 2. The average molecular weight is 394 g/mol. The number of rotatable bonds is 5. The molecule has 1 N–H and O–H groups in total. The maximum absolute atomic E-state index is 13.0. The minimum atomic E-state index is -0.344. The summed E-state index contributed by atoms with van der Waals surface area (Å²) in [7, 11) is 0. The summed E-state index contributed by atoms with van der Waals surface area (Å²) in [4.78, 5) is 31.3. The van der Waals surface area contributed by atoms with Gasteiger partial charge in [-0.25, -0.2) is 0 Å². The number of anilines is 2. The van der Waals surface area contributed by atoms with Gasteiger partial charge in [-0.1, -0.05) is 23.7 Å². The Hall–Kier alpha value is -3.18. The van der Waals surface area contributed by atoms with Crippen molar-refractivity contribution < 1.29 is 9.59 Å². The first-order valence-electron chi connectivity index (χ1n) is 8.88. The molecule has 5 nitrogen and oxygen atoms in total. The van der Waals surface area contributed by atoms with E-state index >= 15 is 0 Å². The number of halogens is 1. The summed E-state index contributed by atoms with van der Waals surface area (Å²) in [6.07, 6.45) is 2.91. The molecule has 2 aromatic carbocycles. The number of nitrogens with one attached hydrogen (secondary N) is 1. The lowest BCUT2D eigenvalue weighted by atomic mass is 10.1. The fourth-order valence-electron chi connectivity index (χ4n) is 2.81. The maximum atomic E-state index is 13.0. The van der Waals surface area contributed by atoms with Gasteiger partial charge < -0.3 is 10.2 Å². The Morgan fingerprint density at radius 1 is 1.04 bits per heavy atom. The molecule has 0 spiro atoms. The van der Waals surface area contributed by atoms with Crippen LogP contribution in [0, 0.1) is 6.92 Å². The van der Waals surface area contributed by atoms with Crippen molar-refractivity contribution in [2.45, 2.75) is 13.8 Å². The molecule has 1 heterocycles. The van der Waals surface area contributed by atoms with E-state index in [9.17, 15) is 9.59 Å². The molecule has 6 heteroatoms. The lowest BCUT2D eigenvalue weighted by molar-refractivity contribution is 0.0988. The number of hydrogen-bond donors (Lipinski definition) is 1. The zero-order valence-corrected chi connectivity index (χ0v) is 16.4. The molecule has 28 heavy (non-hydrogen) atoms. The van der Waals surface area contributed by atoms with Crippen molar-refractivity contribution in [1.29, 1.82) is 0 Å². The van der Waals surface area contributed by atoms with Gasteiger partial charge >= 0.3 is 0 Å². The van der Waals surface area contributed by atoms with Gasteiger partial charge in [0.15, 0.2) is 0 Å². The van der Waals surface area contributed by atoms with Crippen LogP contribution in [0.5, 0.6) is 0 Å². The monoisotopic (exact) mass is 393 g/mol. The summed E-state index contributed by atoms with van der Waals surface area (Å²) in [6.45, 7) is 4.39. The molecular weight excluding hydrogens is 374 g/mol. The summed E-state index contributed by atoms with van der Waals surface area (Å²) in [5.41, 5.74) is 3.15. The third-order valence-electron chi connectivity index (χ3n) is 4.22. The highest BCUT2D eigenvalue weighted by atomic mass is 35.5. The fraction of sp³-hybridized carbons (Fsp3) is 0.136. The van der Waals surface area contributed by atoms with Crippen molar-refractivity contribution in [1.82, 2.24) is 4.98 Å². The zero-order chi connectivity index (χ0) is 20.1. The van der Waals surface area contributed by atoms with Crippen LogP contribution in [0.3, 0.4) is 0 Å². The number of pyridine rings is 1. The second kappa shape index (κ2) is 8.67. The van der Waals surface area contributed by atoms with Gasteiger partial charge in [-0.15, -0.1) is 0 Å². The fourth-order valence-corrected chi connectivity index (χ4v) is 2.94. The summed E-state index contributed by atoms with van der Waals surface area (Å²) >= 11 is 5.86. The molecule has 0 saturated heterocycles. The van der Waals surface area contributed by atoms with E-state index in [0.29, 0.717) is 28.4 Å². The number of hydrogen-bond acceptors (Lipinski definition) is 3.